The number of amides is 1. The van der Waals surface area contributed by atoms with E-state index in [1.807, 2.05) is 23.3 Å². The second kappa shape index (κ2) is 9.62. The molecule has 2 aromatic carbocycles. The zero-order valence-electron chi connectivity index (χ0n) is 20.0. The molecule has 3 aromatic rings. The van der Waals surface area contributed by atoms with Crippen molar-refractivity contribution >= 4 is 49.5 Å². The van der Waals surface area contributed by atoms with Crippen LogP contribution in [0.25, 0.3) is 0 Å². The quantitative estimate of drug-likeness (QED) is 0.495. The summed E-state index contributed by atoms with van der Waals surface area (Å²) >= 11 is 1.22. The van der Waals surface area contributed by atoms with Gasteiger partial charge in [0.05, 0.1) is 11.3 Å². The molecule has 0 spiro atoms. The van der Waals surface area contributed by atoms with E-state index in [4.69, 9.17) is 0 Å². The average Bonchev–Trinajstić information content (AvgIpc) is 3.45. The Morgan fingerprint density at radius 1 is 1.22 bits per heavy atom. The van der Waals surface area contributed by atoms with E-state index in [9.17, 15) is 17.6 Å². The number of hydrogen-bond acceptors (Lipinski definition) is 6. The number of hydrogen-bond donors (Lipinski definition) is 1. The van der Waals surface area contributed by atoms with Crippen LogP contribution in [0.15, 0.2) is 58.9 Å². The van der Waals surface area contributed by atoms with E-state index < -0.39 is 10.0 Å². The largest absolute Gasteiger partial charge is 0.368 e. The van der Waals surface area contributed by atoms with Gasteiger partial charge in [0.25, 0.3) is 15.9 Å². The molecule has 3 heterocycles. The lowest BCUT2D eigenvalue weighted by Crippen LogP contribution is -2.55. The summed E-state index contributed by atoms with van der Waals surface area (Å²) in [4.78, 5) is 21.4. The normalized spacial score (nSPS) is 17.9. The summed E-state index contributed by atoms with van der Waals surface area (Å²) in [5.74, 6) is -0.228. The van der Waals surface area contributed by atoms with E-state index in [0.717, 1.165) is 22.6 Å². The summed E-state index contributed by atoms with van der Waals surface area (Å²) in [5, 5.41) is 2.03. The fraction of sp³-hybridized carbons (Fsp3) is 0.320. The molecule has 1 atom stereocenters. The molecule has 0 unspecified atom stereocenters. The summed E-state index contributed by atoms with van der Waals surface area (Å²) in [6.07, 6.45) is 2.19. The second-order valence-electron chi connectivity index (χ2n) is 9.09. The minimum atomic E-state index is -3.70. The van der Waals surface area contributed by atoms with Crippen molar-refractivity contribution in [3.05, 3.63) is 65.4 Å². The van der Waals surface area contributed by atoms with Crippen LogP contribution in [0.1, 0.15) is 19.4 Å². The molecular formula is C25H27FN5O3S2+. The van der Waals surface area contributed by atoms with Gasteiger partial charge in [0.15, 0.2) is 10.8 Å². The molecule has 0 saturated carbocycles. The monoisotopic (exact) mass is 528 g/mol. The zero-order valence-corrected chi connectivity index (χ0v) is 21.7. The lowest BCUT2D eigenvalue weighted by molar-refractivity contribution is -0.427. The Bertz CT molecular complexity index is 1420. The van der Waals surface area contributed by atoms with Crippen molar-refractivity contribution in [2.75, 3.05) is 35.8 Å². The van der Waals surface area contributed by atoms with Crippen molar-refractivity contribution in [2.45, 2.75) is 31.2 Å². The topological polar surface area (TPSA) is 85.6 Å². The number of nitrogens with zero attached hydrogens (tertiary/aromatic N) is 4. The van der Waals surface area contributed by atoms with Crippen LogP contribution in [0, 0.1) is 5.82 Å². The highest BCUT2D eigenvalue weighted by atomic mass is 32.2. The van der Waals surface area contributed by atoms with Gasteiger partial charge < -0.3 is 9.80 Å². The number of aromatic nitrogens is 1. The minimum absolute atomic E-state index is 0.0168. The lowest BCUT2D eigenvalue weighted by atomic mass is 10.1. The van der Waals surface area contributed by atoms with Crippen molar-refractivity contribution < 1.29 is 22.2 Å². The van der Waals surface area contributed by atoms with Crippen molar-refractivity contribution in [1.29, 1.82) is 0 Å². The first-order valence-electron chi connectivity index (χ1n) is 11.7. The fourth-order valence-corrected chi connectivity index (χ4v) is 6.62. The van der Waals surface area contributed by atoms with Crippen LogP contribution >= 0.6 is 11.3 Å². The van der Waals surface area contributed by atoms with Crippen molar-refractivity contribution in [3.63, 3.8) is 0 Å². The van der Waals surface area contributed by atoms with E-state index in [-0.39, 0.29) is 29.2 Å². The number of fused-ring (bicyclic) bond motifs is 1. The highest BCUT2D eigenvalue weighted by molar-refractivity contribution is 7.93. The predicted molar refractivity (Wildman–Crippen MR) is 138 cm³/mol. The molecule has 11 heteroatoms. The smallest absolute Gasteiger partial charge is 0.288 e. The first-order chi connectivity index (χ1) is 17.2. The van der Waals surface area contributed by atoms with Gasteiger partial charge in [0.2, 0.25) is 12.2 Å². The van der Waals surface area contributed by atoms with E-state index in [1.165, 1.54) is 23.5 Å². The highest BCUT2D eigenvalue weighted by Crippen LogP contribution is 2.28. The molecule has 1 aromatic heterocycles. The number of sulfonamides is 1. The Morgan fingerprint density at radius 2 is 2.00 bits per heavy atom. The molecule has 1 saturated heterocycles. The number of thiazole rings is 1. The number of carbonyl (C=O) groups excluding carboxylic acids is 1. The van der Waals surface area contributed by atoms with Crippen LogP contribution in [0.2, 0.25) is 0 Å². The first-order valence-corrected chi connectivity index (χ1v) is 14.0. The van der Waals surface area contributed by atoms with Gasteiger partial charge >= 0.3 is 0 Å². The predicted octanol–water partition coefficient (Wildman–Crippen LogP) is 3.48. The van der Waals surface area contributed by atoms with Crippen LogP contribution in [-0.2, 0) is 21.2 Å². The van der Waals surface area contributed by atoms with E-state index in [0.29, 0.717) is 31.2 Å². The standard InChI is InChI=1S/C25H27FN5O3S2/c1-17-13-19-14-20(26)3-8-23(19)31(17)16-24(32)30-11-10-29(15-18(30)2)21-4-6-22(7-5-21)36(33,34)28-25-27-9-12-35-25/h3-9,12,14,18H,10-11,13,15-16H2,1-2H3,(H,27,28)/q+1/t18-/m1/s1. The summed E-state index contributed by atoms with van der Waals surface area (Å²) in [5.41, 5.74) is 3.75. The first kappa shape index (κ1) is 24.4. The number of anilines is 2. The molecule has 0 bridgehead atoms. The molecule has 8 nitrogen and oxygen atoms in total. The molecule has 1 fully saturated rings. The van der Waals surface area contributed by atoms with Crippen molar-refractivity contribution in [1.82, 2.24) is 9.88 Å². The Morgan fingerprint density at radius 3 is 2.69 bits per heavy atom. The van der Waals surface area contributed by atoms with Crippen molar-refractivity contribution in [2.24, 2.45) is 0 Å². The summed E-state index contributed by atoms with van der Waals surface area (Å²) in [6, 6.07) is 11.4. The van der Waals surface area contributed by atoms with Crippen LogP contribution in [0.4, 0.5) is 20.9 Å². The molecular weight excluding hydrogens is 501 g/mol. The van der Waals surface area contributed by atoms with Crippen LogP contribution in [-0.4, -0.2) is 66.7 Å². The minimum Gasteiger partial charge on any atom is -0.368 e. The molecule has 0 radical (unpaired) electrons. The van der Waals surface area contributed by atoms with Gasteiger partial charge in [0.1, 0.15) is 5.82 Å². The fourth-order valence-electron chi connectivity index (χ4n) is 4.83. The molecule has 0 aliphatic carbocycles. The number of benzene rings is 2. The van der Waals surface area contributed by atoms with Gasteiger partial charge in [-0.2, -0.15) is 4.58 Å². The number of piperazine rings is 1. The van der Waals surface area contributed by atoms with Gasteiger partial charge in [-0.25, -0.2) is 17.8 Å². The maximum absolute atomic E-state index is 13.6. The van der Waals surface area contributed by atoms with Gasteiger partial charge in [-0.1, -0.05) is 0 Å². The molecule has 1 N–H and O–H groups in total. The van der Waals surface area contributed by atoms with Gasteiger partial charge in [-0.15, -0.1) is 11.3 Å². The molecule has 5 rings (SSSR count). The van der Waals surface area contributed by atoms with Crippen LogP contribution < -0.4 is 9.62 Å². The molecule has 188 valence electrons. The average molecular weight is 529 g/mol. The Labute approximate surface area is 213 Å². The third-order valence-corrected chi connectivity index (χ3v) is 8.82. The van der Waals surface area contributed by atoms with E-state index in [1.54, 1.807) is 41.9 Å². The second-order valence-corrected chi connectivity index (χ2v) is 11.7. The molecule has 2 aliphatic heterocycles. The van der Waals surface area contributed by atoms with Gasteiger partial charge in [0, 0.05) is 61.5 Å². The van der Waals surface area contributed by atoms with Crippen molar-refractivity contribution in [3.8, 4) is 0 Å². The Hall–Kier alpha value is -3.31. The molecule has 2 aliphatic rings. The van der Waals surface area contributed by atoms with Gasteiger partial charge in [-0.05, 0) is 43.3 Å². The van der Waals surface area contributed by atoms with E-state index in [2.05, 4.69) is 14.6 Å². The number of rotatable bonds is 6. The van der Waals surface area contributed by atoms with Gasteiger partial charge in [-0.3, -0.25) is 9.52 Å². The maximum atomic E-state index is 13.6. The highest BCUT2D eigenvalue weighted by Gasteiger charge is 2.34. The third-order valence-electron chi connectivity index (χ3n) is 6.65. The molecule has 36 heavy (non-hydrogen) atoms. The summed E-state index contributed by atoms with van der Waals surface area (Å²) in [7, 11) is -3.70. The lowest BCUT2D eigenvalue weighted by Gasteiger charge is -2.40. The summed E-state index contributed by atoms with van der Waals surface area (Å²) < 4.78 is 43.2. The number of nitrogens with one attached hydrogen (secondary N) is 1. The zero-order chi connectivity index (χ0) is 25.4. The van der Waals surface area contributed by atoms with Crippen LogP contribution in [0.5, 0.6) is 0 Å². The number of carbonyl (C=O) groups is 1. The Balaban J connectivity index is 1.22. The maximum Gasteiger partial charge on any atom is 0.288 e. The number of halogens is 1. The SMILES string of the molecule is CC1=[N+](CC(=O)N2CCN(c3ccc(S(=O)(=O)Nc4nccs4)cc3)C[C@H]2C)c2ccc(F)cc2C1. The van der Waals surface area contributed by atoms with Crippen LogP contribution in [0.3, 0.4) is 0 Å². The molecule has 1 amide bonds. The summed E-state index contributed by atoms with van der Waals surface area (Å²) in [6.45, 7) is 6.07. The van der Waals surface area contributed by atoms with E-state index >= 15 is 0 Å². The third kappa shape index (κ3) is 4.85. The Kier molecular flexibility index (Phi) is 6.52.